The number of hydrogen-bond donors (Lipinski definition) is 0. The van der Waals surface area contributed by atoms with Gasteiger partial charge in [0.2, 0.25) is 0 Å². The van der Waals surface area contributed by atoms with E-state index in [-0.39, 0.29) is 0 Å². The van der Waals surface area contributed by atoms with E-state index in [0.717, 1.165) is 89.1 Å². The molecule has 1 aliphatic heterocycles. The van der Waals surface area contributed by atoms with Crippen LogP contribution in [0.3, 0.4) is 0 Å². The molecule has 9 aromatic carbocycles. The monoisotopic (exact) mass is 925 g/mol. The number of hydrogen-bond acceptors (Lipinski definition) is 7. The fourth-order valence-corrected chi connectivity index (χ4v) is 9.86. The minimum Gasteiger partial charge on any atom is -0.477 e. The van der Waals surface area contributed by atoms with Crippen LogP contribution in [0.2, 0.25) is 0 Å². The summed E-state index contributed by atoms with van der Waals surface area (Å²) in [7, 11) is 0. The van der Waals surface area contributed by atoms with Gasteiger partial charge in [-0.25, -0.2) is 29.9 Å². The standard InChI is InChI=1S/C64H43N7O/c1-64(49-25-13-5-14-26-49)55-30-18-17-29-52(55)53-36-33-46(41-57(53)72-64)51-35-34-47(39-54(51)63-69-59(44-21-9-3-10-22-44)65-60(70-63)45-23-11-4-12-24-45)61-66-58(43-19-7-2-8-20-43)67-62(68-61)48-32-31-42-37-38-71(56(42)40-48)50-27-15-6-16-28-50/h2-41H,1H3. The third kappa shape index (κ3) is 7.68. The molecule has 12 aromatic rings. The summed E-state index contributed by atoms with van der Waals surface area (Å²) in [4.78, 5) is 31.2. The normalized spacial score (nSPS) is 13.8. The summed E-state index contributed by atoms with van der Waals surface area (Å²) in [5, 5.41) is 1.11. The molecule has 8 nitrogen and oxygen atoms in total. The van der Waals surface area contributed by atoms with Gasteiger partial charge < -0.3 is 9.30 Å². The molecule has 0 aliphatic carbocycles. The van der Waals surface area contributed by atoms with Gasteiger partial charge in [-0.05, 0) is 71.0 Å². The number of nitrogens with zero attached hydrogens (tertiary/aromatic N) is 7. The topological polar surface area (TPSA) is 91.5 Å². The first-order chi connectivity index (χ1) is 35.5. The molecule has 340 valence electrons. The van der Waals surface area contributed by atoms with Crippen LogP contribution in [0, 0.1) is 0 Å². The molecule has 0 radical (unpaired) electrons. The molecule has 8 heteroatoms. The summed E-state index contributed by atoms with van der Waals surface area (Å²) >= 11 is 0. The summed E-state index contributed by atoms with van der Waals surface area (Å²) in [5.41, 5.74) is 12.6. The first-order valence-corrected chi connectivity index (χ1v) is 24.0. The van der Waals surface area contributed by atoms with E-state index in [1.807, 2.05) is 103 Å². The highest BCUT2D eigenvalue weighted by Crippen LogP contribution is 2.50. The van der Waals surface area contributed by atoms with Crippen LogP contribution in [0.15, 0.2) is 243 Å². The molecule has 1 unspecified atom stereocenters. The predicted molar refractivity (Wildman–Crippen MR) is 287 cm³/mol. The third-order valence-corrected chi connectivity index (χ3v) is 13.5. The number of rotatable bonds is 9. The number of para-hydroxylation sites is 1. The number of aromatic nitrogens is 7. The van der Waals surface area contributed by atoms with Crippen LogP contribution in [0.5, 0.6) is 5.75 Å². The molecule has 0 fully saturated rings. The molecule has 4 heterocycles. The lowest BCUT2D eigenvalue weighted by Gasteiger charge is -2.38. The zero-order valence-electron chi connectivity index (χ0n) is 39.1. The molecule has 3 aromatic heterocycles. The predicted octanol–water partition coefficient (Wildman–Crippen LogP) is 15.0. The van der Waals surface area contributed by atoms with E-state index >= 15 is 0 Å². The van der Waals surface area contributed by atoms with Crippen molar-refractivity contribution in [3.8, 4) is 102 Å². The Morgan fingerprint density at radius 2 is 0.819 bits per heavy atom. The van der Waals surface area contributed by atoms with Gasteiger partial charge in [0, 0.05) is 56.4 Å². The van der Waals surface area contributed by atoms with Gasteiger partial charge in [0.25, 0.3) is 0 Å². The highest BCUT2D eigenvalue weighted by Gasteiger charge is 2.38. The minimum absolute atomic E-state index is 0.502. The second-order valence-electron chi connectivity index (χ2n) is 18.0. The molecule has 72 heavy (non-hydrogen) atoms. The van der Waals surface area contributed by atoms with Gasteiger partial charge in [0.1, 0.15) is 5.75 Å². The Bertz CT molecular complexity index is 3900. The van der Waals surface area contributed by atoms with Crippen molar-refractivity contribution in [2.24, 2.45) is 0 Å². The van der Waals surface area contributed by atoms with Gasteiger partial charge in [-0.15, -0.1) is 0 Å². The van der Waals surface area contributed by atoms with E-state index in [0.29, 0.717) is 34.9 Å². The van der Waals surface area contributed by atoms with Crippen LogP contribution in [-0.2, 0) is 5.60 Å². The van der Waals surface area contributed by atoms with Crippen molar-refractivity contribution in [1.82, 2.24) is 34.5 Å². The van der Waals surface area contributed by atoms with E-state index in [9.17, 15) is 0 Å². The van der Waals surface area contributed by atoms with Crippen molar-refractivity contribution in [1.29, 1.82) is 0 Å². The Morgan fingerprint density at radius 3 is 1.43 bits per heavy atom. The summed E-state index contributed by atoms with van der Waals surface area (Å²) in [5.74, 6) is 4.03. The zero-order valence-corrected chi connectivity index (χ0v) is 39.1. The zero-order chi connectivity index (χ0) is 48.0. The molecule has 0 bridgehead atoms. The van der Waals surface area contributed by atoms with Gasteiger partial charge in [-0.1, -0.05) is 200 Å². The van der Waals surface area contributed by atoms with Crippen LogP contribution < -0.4 is 4.74 Å². The van der Waals surface area contributed by atoms with Crippen molar-refractivity contribution in [3.05, 3.63) is 254 Å². The molecule has 1 atom stereocenters. The second kappa shape index (κ2) is 17.7. The first kappa shape index (κ1) is 42.4. The highest BCUT2D eigenvalue weighted by molar-refractivity contribution is 5.89. The molecular weight excluding hydrogens is 883 g/mol. The lowest BCUT2D eigenvalue weighted by Crippen LogP contribution is -2.34. The molecule has 0 spiro atoms. The molecular formula is C64H43N7O. The van der Waals surface area contributed by atoms with Gasteiger partial charge in [-0.3, -0.25) is 0 Å². The van der Waals surface area contributed by atoms with Crippen molar-refractivity contribution < 1.29 is 4.74 Å². The lowest BCUT2D eigenvalue weighted by atomic mass is 9.80. The number of ether oxygens (including phenoxy) is 1. The maximum Gasteiger partial charge on any atom is 0.164 e. The van der Waals surface area contributed by atoms with Crippen LogP contribution in [0.25, 0.3) is 107 Å². The van der Waals surface area contributed by atoms with Crippen molar-refractivity contribution in [3.63, 3.8) is 0 Å². The Kier molecular flexibility index (Phi) is 10.4. The largest absolute Gasteiger partial charge is 0.477 e. The van der Waals surface area contributed by atoms with E-state index in [1.165, 1.54) is 0 Å². The summed E-state index contributed by atoms with van der Waals surface area (Å²) in [6.07, 6.45) is 2.10. The van der Waals surface area contributed by atoms with Crippen molar-refractivity contribution in [2.75, 3.05) is 0 Å². The maximum atomic E-state index is 7.18. The lowest BCUT2D eigenvalue weighted by molar-refractivity contribution is 0.129. The second-order valence-corrected chi connectivity index (χ2v) is 18.0. The third-order valence-electron chi connectivity index (χ3n) is 13.5. The highest BCUT2D eigenvalue weighted by atomic mass is 16.5. The van der Waals surface area contributed by atoms with Crippen LogP contribution in [-0.4, -0.2) is 34.5 Å². The molecule has 0 N–H and O–H groups in total. The molecule has 0 saturated carbocycles. The van der Waals surface area contributed by atoms with Crippen molar-refractivity contribution >= 4 is 10.9 Å². The van der Waals surface area contributed by atoms with E-state index in [2.05, 4.69) is 151 Å². The number of fused-ring (bicyclic) bond motifs is 4. The van der Waals surface area contributed by atoms with E-state index in [1.54, 1.807) is 0 Å². The summed E-state index contributed by atoms with van der Waals surface area (Å²) in [6.45, 7) is 2.16. The van der Waals surface area contributed by atoms with Gasteiger partial charge in [-0.2, -0.15) is 0 Å². The average Bonchev–Trinajstić information content (AvgIpc) is 3.89. The van der Waals surface area contributed by atoms with Crippen LogP contribution in [0.4, 0.5) is 0 Å². The molecule has 1 aliphatic rings. The Morgan fingerprint density at radius 1 is 0.347 bits per heavy atom. The minimum atomic E-state index is -0.735. The Balaban J connectivity index is 1.02. The fraction of sp³-hybridized carbons (Fsp3) is 0.0312. The van der Waals surface area contributed by atoms with Gasteiger partial charge in [0.15, 0.2) is 40.5 Å². The summed E-state index contributed by atoms with van der Waals surface area (Å²) in [6, 6.07) is 80.8. The number of benzene rings is 9. The fourth-order valence-electron chi connectivity index (χ4n) is 9.86. The van der Waals surface area contributed by atoms with E-state index in [4.69, 9.17) is 34.6 Å². The van der Waals surface area contributed by atoms with Crippen molar-refractivity contribution in [2.45, 2.75) is 12.5 Å². The van der Waals surface area contributed by atoms with E-state index < -0.39 is 5.60 Å². The molecule has 0 saturated heterocycles. The van der Waals surface area contributed by atoms with Gasteiger partial charge in [0.05, 0.1) is 5.52 Å². The Labute approximate surface area is 416 Å². The molecule has 13 rings (SSSR count). The average molecular weight is 926 g/mol. The quantitative estimate of drug-likeness (QED) is 0.142. The molecule has 0 amide bonds. The smallest absolute Gasteiger partial charge is 0.164 e. The summed E-state index contributed by atoms with van der Waals surface area (Å²) < 4.78 is 9.37. The van der Waals surface area contributed by atoms with Gasteiger partial charge >= 0.3 is 0 Å². The van der Waals surface area contributed by atoms with Crippen LogP contribution >= 0.6 is 0 Å². The Hall–Kier alpha value is -9.66. The first-order valence-electron chi connectivity index (χ1n) is 24.0. The van der Waals surface area contributed by atoms with Crippen LogP contribution in [0.1, 0.15) is 18.1 Å². The maximum absolute atomic E-state index is 7.18. The SMILES string of the molecule is CC1(c2ccccc2)Oc2cc(-c3ccc(-c4nc(-c5ccccc5)nc(-c5ccc6ccn(-c7ccccc7)c6c5)n4)cc3-c3nc(-c4ccccc4)nc(-c4ccccc4)n3)ccc2-c2ccccc21.